The molecular formula is C15H22N2O3. The van der Waals surface area contributed by atoms with Crippen LogP contribution in [0.4, 0.5) is 0 Å². The smallest absolute Gasteiger partial charge is 0.254 e. The lowest BCUT2D eigenvalue weighted by Crippen LogP contribution is -2.47. The first-order valence-electron chi connectivity index (χ1n) is 6.63. The first-order chi connectivity index (χ1) is 9.45. The van der Waals surface area contributed by atoms with Gasteiger partial charge in [-0.25, -0.2) is 0 Å². The molecule has 0 aliphatic heterocycles. The van der Waals surface area contributed by atoms with Gasteiger partial charge in [0.2, 0.25) is 5.91 Å². The van der Waals surface area contributed by atoms with Crippen LogP contribution in [0.2, 0.25) is 0 Å². The van der Waals surface area contributed by atoms with Crippen molar-refractivity contribution in [3.63, 3.8) is 0 Å². The Balaban J connectivity index is 2.78. The molecule has 5 nitrogen and oxygen atoms in total. The third-order valence-electron chi connectivity index (χ3n) is 2.94. The molecule has 110 valence electrons. The van der Waals surface area contributed by atoms with Crippen LogP contribution >= 0.6 is 0 Å². The molecule has 1 aromatic carbocycles. The molecule has 0 spiro atoms. The molecule has 5 heteroatoms. The zero-order valence-electron chi connectivity index (χ0n) is 12.1. The predicted molar refractivity (Wildman–Crippen MR) is 76.8 cm³/mol. The number of ether oxygens (including phenoxy) is 1. The fourth-order valence-electron chi connectivity index (χ4n) is 1.99. The van der Waals surface area contributed by atoms with Gasteiger partial charge < -0.3 is 15.8 Å². The van der Waals surface area contributed by atoms with Crippen molar-refractivity contribution in [3.05, 3.63) is 35.9 Å². The van der Waals surface area contributed by atoms with Gasteiger partial charge >= 0.3 is 0 Å². The summed E-state index contributed by atoms with van der Waals surface area (Å²) >= 11 is 0. The maximum absolute atomic E-state index is 12.2. The zero-order chi connectivity index (χ0) is 15.1. The summed E-state index contributed by atoms with van der Waals surface area (Å²) in [6, 6.07) is 8.44. The number of rotatable bonds is 7. The SMILES string of the molecule is CO[C@@H](C(=O)N[C@H](CC(C)C)C(N)=O)c1ccccc1. The summed E-state index contributed by atoms with van der Waals surface area (Å²) in [5.41, 5.74) is 6.06. The first kappa shape index (κ1) is 16.2. The summed E-state index contributed by atoms with van der Waals surface area (Å²) in [7, 11) is 1.46. The Morgan fingerprint density at radius 1 is 1.25 bits per heavy atom. The lowest BCUT2D eigenvalue weighted by atomic mass is 10.0. The van der Waals surface area contributed by atoms with E-state index in [2.05, 4.69) is 5.32 Å². The Bertz CT molecular complexity index is 446. The standard InChI is InChI=1S/C15H22N2O3/c1-10(2)9-12(14(16)18)17-15(19)13(20-3)11-7-5-4-6-8-11/h4-8,10,12-13H,9H2,1-3H3,(H2,16,18)(H,17,19)/t12-,13-/m1/s1. The van der Waals surface area contributed by atoms with Crippen LogP contribution in [0.3, 0.4) is 0 Å². The topological polar surface area (TPSA) is 81.4 Å². The fourth-order valence-corrected chi connectivity index (χ4v) is 1.99. The van der Waals surface area contributed by atoms with E-state index >= 15 is 0 Å². The summed E-state index contributed by atoms with van der Waals surface area (Å²) in [6.07, 6.45) is -0.239. The number of nitrogens with one attached hydrogen (secondary N) is 1. The molecule has 1 aromatic rings. The van der Waals surface area contributed by atoms with E-state index in [-0.39, 0.29) is 11.8 Å². The third-order valence-corrected chi connectivity index (χ3v) is 2.94. The molecule has 2 atom stereocenters. The zero-order valence-corrected chi connectivity index (χ0v) is 12.1. The lowest BCUT2D eigenvalue weighted by molar-refractivity contribution is -0.135. The Labute approximate surface area is 119 Å². The summed E-state index contributed by atoms with van der Waals surface area (Å²) in [5, 5.41) is 2.66. The Hall–Kier alpha value is -1.88. The number of hydrogen-bond donors (Lipinski definition) is 2. The average Bonchev–Trinajstić information content (AvgIpc) is 2.39. The number of nitrogens with two attached hydrogens (primary N) is 1. The number of carbonyl (C=O) groups excluding carboxylic acids is 2. The van der Waals surface area contributed by atoms with Gasteiger partial charge in [0.15, 0.2) is 6.10 Å². The molecule has 0 radical (unpaired) electrons. The van der Waals surface area contributed by atoms with Crippen molar-refractivity contribution in [2.24, 2.45) is 11.7 Å². The third kappa shape index (κ3) is 4.66. The highest BCUT2D eigenvalue weighted by Crippen LogP contribution is 2.17. The van der Waals surface area contributed by atoms with Gasteiger partial charge in [0.1, 0.15) is 6.04 Å². The minimum atomic E-state index is -0.745. The van der Waals surface area contributed by atoms with Crippen LogP contribution in [0, 0.1) is 5.92 Å². The maximum Gasteiger partial charge on any atom is 0.254 e. The van der Waals surface area contributed by atoms with Crippen molar-refractivity contribution in [2.75, 3.05) is 7.11 Å². The Morgan fingerprint density at radius 3 is 2.30 bits per heavy atom. The van der Waals surface area contributed by atoms with Gasteiger partial charge in [-0.2, -0.15) is 0 Å². The molecule has 0 saturated carbocycles. The largest absolute Gasteiger partial charge is 0.368 e. The Kier molecular flexibility index (Phi) is 6.18. The van der Waals surface area contributed by atoms with Gasteiger partial charge in [0.25, 0.3) is 5.91 Å². The van der Waals surface area contributed by atoms with Gasteiger partial charge in [0.05, 0.1) is 0 Å². The van der Waals surface area contributed by atoms with Crippen molar-refractivity contribution >= 4 is 11.8 Å². The molecule has 0 heterocycles. The van der Waals surface area contributed by atoms with E-state index in [1.165, 1.54) is 7.11 Å². The van der Waals surface area contributed by atoms with E-state index in [1.54, 1.807) is 12.1 Å². The fraction of sp³-hybridized carbons (Fsp3) is 0.467. The van der Waals surface area contributed by atoms with E-state index in [9.17, 15) is 9.59 Å². The molecule has 0 saturated heterocycles. The molecular weight excluding hydrogens is 256 g/mol. The summed E-state index contributed by atoms with van der Waals surface area (Å²) < 4.78 is 5.22. The summed E-state index contributed by atoms with van der Waals surface area (Å²) in [5.74, 6) is -0.636. The van der Waals surface area contributed by atoms with Crippen LogP contribution in [0.1, 0.15) is 31.9 Å². The number of amides is 2. The molecule has 2 amide bonds. The van der Waals surface area contributed by atoms with Gasteiger partial charge in [-0.3, -0.25) is 9.59 Å². The number of hydrogen-bond acceptors (Lipinski definition) is 3. The van der Waals surface area contributed by atoms with E-state index in [4.69, 9.17) is 10.5 Å². The molecule has 1 rings (SSSR count). The van der Waals surface area contributed by atoms with Crippen LogP contribution in [0.25, 0.3) is 0 Å². The van der Waals surface area contributed by atoms with E-state index in [1.807, 2.05) is 32.0 Å². The number of methoxy groups -OCH3 is 1. The van der Waals surface area contributed by atoms with E-state index in [0.717, 1.165) is 5.56 Å². The highest BCUT2D eigenvalue weighted by atomic mass is 16.5. The molecule has 20 heavy (non-hydrogen) atoms. The second-order valence-electron chi connectivity index (χ2n) is 5.12. The predicted octanol–water partition coefficient (Wildman–Crippen LogP) is 1.39. The minimum Gasteiger partial charge on any atom is -0.368 e. The average molecular weight is 278 g/mol. The molecule has 3 N–H and O–H groups in total. The van der Waals surface area contributed by atoms with Crippen LogP contribution in [-0.4, -0.2) is 25.0 Å². The quantitative estimate of drug-likeness (QED) is 0.790. The van der Waals surface area contributed by atoms with Gasteiger partial charge in [-0.1, -0.05) is 44.2 Å². The van der Waals surface area contributed by atoms with Crippen molar-refractivity contribution < 1.29 is 14.3 Å². The van der Waals surface area contributed by atoms with Gasteiger partial charge in [-0.05, 0) is 17.9 Å². The van der Waals surface area contributed by atoms with E-state index in [0.29, 0.717) is 6.42 Å². The molecule has 0 bridgehead atoms. The van der Waals surface area contributed by atoms with Crippen LogP contribution in [-0.2, 0) is 14.3 Å². The van der Waals surface area contributed by atoms with Gasteiger partial charge in [0, 0.05) is 7.11 Å². The molecule has 0 fully saturated rings. The number of benzene rings is 1. The van der Waals surface area contributed by atoms with Crippen LogP contribution in [0.5, 0.6) is 0 Å². The van der Waals surface area contributed by atoms with Crippen molar-refractivity contribution in [1.29, 1.82) is 0 Å². The molecule has 0 unspecified atom stereocenters. The monoisotopic (exact) mass is 278 g/mol. The number of primary amides is 1. The van der Waals surface area contributed by atoms with Crippen LogP contribution in [0.15, 0.2) is 30.3 Å². The summed E-state index contributed by atoms with van der Waals surface area (Å²) in [4.78, 5) is 23.6. The molecule has 0 aliphatic rings. The second-order valence-corrected chi connectivity index (χ2v) is 5.12. The van der Waals surface area contributed by atoms with Gasteiger partial charge in [-0.15, -0.1) is 0 Å². The number of carbonyl (C=O) groups is 2. The molecule has 0 aromatic heterocycles. The second kappa shape index (κ2) is 7.65. The highest BCUT2D eigenvalue weighted by Gasteiger charge is 2.25. The van der Waals surface area contributed by atoms with Crippen molar-refractivity contribution in [1.82, 2.24) is 5.32 Å². The molecule has 0 aliphatic carbocycles. The lowest BCUT2D eigenvalue weighted by Gasteiger charge is -2.21. The maximum atomic E-state index is 12.2. The van der Waals surface area contributed by atoms with Crippen LogP contribution < -0.4 is 11.1 Å². The van der Waals surface area contributed by atoms with Crippen molar-refractivity contribution in [2.45, 2.75) is 32.4 Å². The minimum absolute atomic E-state index is 0.255. The van der Waals surface area contributed by atoms with Crippen molar-refractivity contribution in [3.8, 4) is 0 Å². The summed E-state index contributed by atoms with van der Waals surface area (Å²) in [6.45, 7) is 3.93. The van der Waals surface area contributed by atoms with E-state index < -0.39 is 18.1 Å². The Morgan fingerprint density at radius 2 is 1.85 bits per heavy atom. The first-order valence-corrected chi connectivity index (χ1v) is 6.63. The highest BCUT2D eigenvalue weighted by molar-refractivity contribution is 5.89. The normalized spacial score (nSPS) is 13.8.